The molecule has 1 atom stereocenters. The van der Waals surface area contributed by atoms with E-state index in [-0.39, 0.29) is 19.1 Å². The molecule has 0 fully saturated rings. The lowest BCUT2D eigenvalue weighted by Gasteiger charge is -2.16. The van der Waals surface area contributed by atoms with Gasteiger partial charge in [-0.3, -0.25) is 4.79 Å². The number of hydrogen-bond donors (Lipinski definition) is 3. The molecule has 0 saturated heterocycles. The zero-order valence-corrected chi connectivity index (χ0v) is 10.9. The molecule has 0 rings (SSSR count). The second-order valence-electron chi connectivity index (χ2n) is 4.16. The van der Waals surface area contributed by atoms with Crippen molar-refractivity contribution in [2.75, 3.05) is 13.2 Å². The highest BCUT2D eigenvalue weighted by molar-refractivity contribution is 5.86. The highest BCUT2D eigenvalue weighted by atomic mass is 16.5. The Labute approximate surface area is 106 Å². The normalized spacial score (nSPS) is 11.8. The summed E-state index contributed by atoms with van der Waals surface area (Å²) in [5.41, 5.74) is 0. The van der Waals surface area contributed by atoms with Crippen molar-refractivity contribution in [3.05, 3.63) is 0 Å². The largest absolute Gasteiger partial charge is 0.480 e. The fourth-order valence-electron chi connectivity index (χ4n) is 1.27. The second-order valence-corrected chi connectivity index (χ2v) is 4.16. The molecule has 0 heterocycles. The summed E-state index contributed by atoms with van der Waals surface area (Å²) >= 11 is 0. The van der Waals surface area contributed by atoms with Gasteiger partial charge in [0.05, 0.1) is 6.61 Å². The molecule has 0 aliphatic carbocycles. The van der Waals surface area contributed by atoms with Crippen LogP contribution in [0, 0.1) is 5.92 Å². The fraction of sp³-hybridized carbons (Fsp3) is 0.727. The molecule has 0 unspecified atom stereocenters. The third-order valence-electron chi connectivity index (χ3n) is 2.01. The highest BCUT2D eigenvalue weighted by Crippen LogP contribution is 2.04. The molecule has 18 heavy (non-hydrogen) atoms. The van der Waals surface area contributed by atoms with Gasteiger partial charge in [-0.15, -0.1) is 0 Å². The summed E-state index contributed by atoms with van der Waals surface area (Å²) in [5.74, 6) is -1.51. The van der Waals surface area contributed by atoms with Crippen LogP contribution in [0.25, 0.3) is 0 Å². The summed E-state index contributed by atoms with van der Waals surface area (Å²) in [6.45, 7) is 5.26. The summed E-state index contributed by atoms with van der Waals surface area (Å²) < 4.78 is 4.56. The van der Waals surface area contributed by atoms with E-state index in [9.17, 15) is 14.4 Å². The Morgan fingerprint density at radius 1 is 1.28 bits per heavy atom. The molecule has 0 aliphatic heterocycles. The van der Waals surface area contributed by atoms with Crippen LogP contribution in [-0.2, 0) is 14.3 Å². The van der Waals surface area contributed by atoms with E-state index in [1.165, 1.54) is 0 Å². The van der Waals surface area contributed by atoms with Crippen molar-refractivity contribution in [1.82, 2.24) is 10.6 Å². The number of alkyl carbamates (subject to hydrolysis) is 1. The van der Waals surface area contributed by atoms with Crippen LogP contribution in [-0.4, -0.2) is 42.3 Å². The summed E-state index contributed by atoms with van der Waals surface area (Å²) in [6.07, 6.45) is -0.371. The van der Waals surface area contributed by atoms with Gasteiger partial charge < -0.3 is 20.5 Å². The van der Waals surface area contributed by atoms with Crippen LogP contribution in [0.4, 0.5) is 4.79 Å². The Hall–Kier alpha value is -1.79. The number of rotatable bonds is 7. The predicted molar refractivity (Wildman–Crippen MR) is 64.0 cm³/mol. The molecule has 0 spiro atoms. The Kier molecular flexibility index (Phi) is 7.50. The van der Waals surface area contributed by atoms with Crippen LogP contribution in [0.15, 0.2) is 0 Å². The number of carboxylic acids is 1. The van der Waals surface area contributed by atoms with Gasteiger partial charge >= 0.3 is 12.1 Å². The van der Waals surface area contributed by atoms with Crippen molar-refractivity contribution in [2.24, 2.45) is 5.92 Å². The number of carbonyl (C=O) groups is 3. The number of amides is 2. The molecule has 0 aliphatic rings. The Morgan fingerprint density at radius 2 is 1.89 bits per heavy atom. The number of carboxylic acid groups (broad SMARTS) is 1. The van der Waals surface area contributed by atoms with Gasteiger partial charge in [0.25, 0.3) is 0 Å². The number of ether oxygens (including phenoxy) is 1. The van der Waals surface area contributed by atoms with Gasteiger partial charge in [-0.05, 0) is 19.3 Å². The minimum absolute atomic E-state index is 0.143. The minimum atomic E-state index is -1.09. The number of aliphatic carboxylic acids is 1. The lowest BCUT2D eigenvalue weighted by atomic mass is 10.0. The predicted octanol–water partition coefficient (Wildman–Crippen LogP) is 0.348. The summed E-state index contributed by atoms with van der Waals surface area (Å²) in [6, 6.07) is -0.943. The molecule has 3 N–H and O–H groups in total. The Morgan fingerprint density at radius 3 is 2.33 bits per heavy atom. The molecule has 0 aromatic rings. The summed E-state index contributed by atoms with van der Waals surface area (Å²) in [7, 11) is 0. The van der Waals surface area contributed by atoms with Crippen molar-refractivity contribution >= 4 is 18.0 Å². The molecule has 2 amide bonds. The van der Waals surface area contributed by atoms with E-state index < -0.39 is 24.0 Å². The van der Waals surface area contributed by atoms with Gasteiger partial charge in [-0.2, -0.15) is 0 Å². The van der Waals surface area contributed by atoms with Crippen molar-refractivity contribution in [3.63, 3.8) is 0 Å². The van der Waals surface area contributed by atoms with Crippen LogP contribution < -0.4 is 10.6 Å². The molecule has 0 bridgehead atoms. The first kappa shape index (κ1) is 16.2. The lowest BCUT2D eigenvalue weighted by molar-refractivity contribution is -0.142. The Balaban J connectivity index is 4.10. The zero-order valence-electron chi connectivity index (χ0n) is 10.9. The lowest BCUT2D eigenvalue weighted by Crippen LogP contribution is -2.46. The molecular weight excluding hydrogens is 240 g/mol. The van der Waals surface area contributed by atoms with Crippen LogP contribution >= 0.6 is 0 Å². The van der Waals surface area contributed by atoms with E-state index in [0.29, 0.717) is 6.42 Å². The molecule has 104 valence electrons. The highest BCUT2D eigenvalue weighted by Gasteiger charge is 2.21. The van der Waals surface area contributed by atoms with Crippen LogP contribution in [0.3, 0.4) is 0 Å². The van der Waals surface area contributed by atoms with Crippen LogP contribution in [0.2, 0.25) is 0 Å². The third-order valence-corrected chi connectivity index (χ3v) is 2.01. The molecular formula is C11H20N2O5. The second kappa shape index (κ2) is 8.32. The van der Waals surface area contributed by atoms with Crippen LogP contribution in [0.1, 0.15) is 27.2 Å². The maximum absolute atomic E-state index is 11.4. The van der Waals surface area contributed by atoms with E-state index in [0.717, 1.165) is 0 Å². The van der Waals surface area contributed by atoms with Crippen molar-refractivity contribution in [2.45, 2.75) is 33.2 Å². The Bertz CT molecular complexity index is 304. The summed E-state index contributed by atoms with van der Waals surface area (Å²) in [5, 5.41) is 13.5. The SMILES string of the molecule is CCOC(=O)NCC(=O)N[C@@H](CC(C)C)C(=O)O. The monoisotopic (exact) mass is 260 g/mol. The van der Waals surface area contributed by atoms with Crippen molar-refractivity contribution < 1.29 is 24.2 Å². The first-order valence-corrected chi connectivity index (χ1v) is 5.79. The van der Waals surface area contributed by atoms with E-state index in [2.05, 4.69) is 15.4 Å². The van der Waals surface area contributed by atoms with Gasteiger partial charge in [0.1, 0.15) is 12.6 Å². The first-order chi connectivity index (χ1) is 8.36. The third kappa shape index (κ3) is 7.48. The van der Waals surface area contributed by atoms with Crippen LogP contribution in [0.5, 0.6) is 0 Å². The van der Waals surface area contributed by atoms with E-state index in [1.54, 1.807) is 6.92 Å². The quantitative estimate of drug-likeness (QED) is 0.612. The maximum Gasteiger partial charge on any atom is 0.407 e. The number of hydrogen-bond acceptors (Lipinski definition) is 4. The molecule has 0 saturated carbocycles. The first-order valence-electron chi connectivity index (χ1n) is 5.79. The van der Waals surface area contributed by atoms with Gasteiger partial charge in [-0.1, -0.05) is 13.8 Å². The maximum atomic E-state index is 11.4. The van der Waals surface area contributed by atoms with E-state index in [1.807, 2.05) is 13.8 Å². The standard InChI is InChI=1S/C11H20N2O5/c1-4-18-11(17)12-6-9(14)13-8(10(15)16)5-7(2)3/h7-8H,4-6H2,1-3H3,(H,12,17)(H,13,14)(H,15,16)/t8-/m0/s1. The smallest absolute Gasteiger partial charge is 0.407 e. The van der Waals surface area contributed by atoms with Crippen molar-refractivity contribution in [3.8, 4) is 0 Å². The average molecular weight is 260 g/mol. The zero-order chi connectivity index (χ0) is 14.1. The summed E-state index contributed by atoms with van der Waals surface area (Å²) in [4.78, 5) is 33.2. The van der Waals surface area contributed by atoms with Crippen molar-refractivity contribution in [1.29, 1.82) is 0 Å². The average Bonchev–Trinajstić information content (AvgIpc) is 2.25. The minimum Gasteiger partial charge on any atom is -0.480 e. The molecule has 7 nitrogen and oxygen atoms in total. The van der Waals surface area contributed by atoms with Gasteiger partial charge in [0, 0.05) is 0 Å². The topological polar surface area (TPSA) is 105 Å². The molecule has 0 radical (unpaired) electrons. The fourth-order valence-corrected chi connectivity index (χ4v) is 1.27. The molecule has 7 heteroatoms. The van der Waals surface area contributed by atoms with Gasteiger partial charge in [0.15, 0.2) is 0 Å². The number of carbonyl (C=O) groups excluding carboxylic acids is 2. The van der Waals surface area contributed by atoms with E-state index in [4.69, 9.17) is 5.11 Å². The molecule has 0 aromatic carbocycles. The van der Waals surface area contributed by atoms with Gasteiger partial charge in [0.2, 0.25) is 5.91 Å². The number of nitrogens with one attached hydrogen (secondary N) is 2. The van der Waals surface area contributed by atoms with Gasteiger partial charge in [-0.25, -0.2) is 9.59 Å². The molecule has 0 aromatic heterocycles. The van der Waals surface area contributed by atoms with E-state index >= 15 is 0 Å².